The van der Waals surface area contributed by atoms with E-state index >= 15 is 0 Å². The molecule has 7 nitrogen and oxygen atoms in total. The third-order valence-electron chi connectivity index (χ3n) is 3.58. The summed E-state index contributed by atoms with van der Waals surface area (Å²) in [6.45, 7) is 5.37. The lowest BCUT2D eigenvalue weighted by Gasteiger charge is -2.15. The highest BCUT2D eigenvalue weighted by molar-refractivity contribution is 7.18. The molecule has 0 aliphatic carbocycles. The number of hydrogen-bond donors (Lipinski definition) is 3. The summed E-state index contributed by atoms with van der Waals surface area (Å²) in [7, 11) is 0. The predicted octanol–water partition coefficient (Wildman–Crippen LogP) is 2.97. The molecule has 3 aromatic rings. The van der Waals surface area contributed by atoms with Crippen LogP contribution < -0.4 is 16.4 Å². The Labute approximate surface area is 147 Å². The lowest BCUT2D eigenvalue weighted by Crippen LogP contribution is -2.11. The fourth-order valence-electron chi connectivity index (χ4n) is 2.35. The highest BCUT2D eigenvalue weighted by Crippen LogP contribution is 2.34. The van der Waals surface area contributed by atoms with Crippen molar-refractivity contribution in [1.82, 2.24) is 9.97 Å². The molecule has 0 radical (unpaired) electrons. The average molecular weight is 353 g/mol. The van der Waals surface area contributed by atoms with Crippen LogP contribution in [0.1, 0.15) is 15.9 Å². The number of nitrogens with zero attached hydrogens (tertiary/aromatic N) is 2. The van der Waals surface area contributed by atoms with Gasteiger partial charge in [0.25, 0.3) is 5.91 Å². The quantitative estimate of drug-likeness (QED) is 0.611. The molecule has 0 aliphatic heterocycles. The van der Waals surface area contributed by atoms with Gasteiger partial charge in [0.05, 0.1) is 27.2 Å². The van der Waals surface area contributed by atoms with Crippen molar-refractivity contribution in [3.8, 4) is 0 Å². The van der Waals surface area contributed by atoms with E-state index in [-0.39, 0.29) is 5.91 Å². The number of aryl methyl sites for hydroxylation is 1. The van der Waals surface area contributed by atoms with Crippen LogP contribution >= 0.6 is 11.3 Å². The van der Waals surface area contributed by atoms with Gasteiger partial charge in [0.1, 0.15) is 6.33 Å². The van der Waals surface area contributed by atoms with Crippen LogP contribution in [0.25, 0.3) is 10.2 Å². The summed E-state index contributed by atoms with van der Waals surface area (Å²) in [4.78, 5) is 31.6. The maximum absolute atomic E-state index is 11.7. The highest BCUT2D eigenvalue weighted by atomic mass is 32.1. The summed E-state index contributed by atoms with van der Waals surface area (Å²) < 4.78 is 0.709. The number of rotatable bonds is 5. The minimum Gasteiger partial charge on any atom is -0.366 e. The number of para-hydroxylation sites is 1. The summed E-state index contributed by atoms with van der Waals surface area (Å²) in [6.07, 6.45) is 2.57. The number of nitrogens with one attached hydrogen (secondary N) is 2. The number of thiophene rings is 1. The van der Waals surface area contributed by atoms with Gasteiger partial charge in [-0.25, -0.2) is 9.97 Å². The largest absolute Gasteiger partial charge is 0.366 e. The molecule has 126 valence electrons. The van der Waals surface area contributed by atoms with E-state index in [0.29, 0.717) is 33.0 Å². The number of primary amides is 1. The molecule has 2 amide bonds. The zero-order valence-electron chi connectivity index (χ0n) is 13.4. The Morgan fingerprint density at radius 1 is 1.32 bits per heavy atom. The van der Waals surface area contributed by atoms with Gasteiger partial charge in [-0.05, 0) is 24.6 Å². The fourth-order valence-corrected chi connectivity index (χ4v) is 3.31. The van der Waals surface area contributed by atoms with Gasteiger partial charge in [-0.3, -0.25) is 9.59 Å². The van der Waals surface area contributed by atoms with E-state index in [1.807, 2.05) is 19.1 Å². The Morgan fingerprint density at radius 3 is 2.84 bits per heavy atom. The molecule has 0 atom stereocenters. The lowest BCUT2D eigenvalue weighted by molar-refractivity contribution is -0.111. The maximum Gasteiger partial charge on any atom is 0.251 e. The van der Waals surface area contributed by atoms with Crippen molar-refractivity contribution in [1.29, 1.82) is 0 Å². The Hall–Kier alpha value is -3.26. The van der Waals surface area contributed by atoms with E-state index in [2.05, 4.69) is 27.2 Å². The van der Waals surface area contributed by atoms with Gasteiger partial charge in [-0.2, -0.15) is 0 Å². The average Bonchev–Trinajstić information content (AvgIpc) is 3.03. The molecule has 0 unspecified atom stereocenters. The van der Waals surface area contributed by atoms with Crippen molar-refractivity contribution in [2.45, 2.75) is 6.92 Å². The van der Waals surface area contributed by atoms with Crippen LogP contribution in [0.3, 0.4) is 0 Å². The van der Waals surface area contributed by atoms with E-state index in [1.54, 1.807) is 11.4 Å². The number of anilines is 3. The van der Waals surface area contributed by atoms with E-state index in [0.717, 1.165) is 5.56 Å². The van der Waals surface area contributed by atoms with Crippen LogP contribution in [-0.4, -0.2) is 21.8 Å². The molecule has 8 heteroatoms. The lowest BCUT2D eigenvalue weighted by atomic mass is 10.1. The van der Waals surface area contributed by atoms with E-state index in [4.69, 9.17) is 5.73 Å². The van der Waals surface area contributed by atoms with Crippen LogP contribution in [0.4, 0.5) is 17.2 Å². The van der Waals surface area contributed by atoms with Crippen molar-refractivity contribution in [2.24, 2.45) is 5.73 Å². The zero-order valence-corrected chi connectivity index (χ0v) is 14.2. The second-order valence-corrected chi connectivity index (χ2v) is 6.11. The first-order valence-corrected chi connectivity index (χ1v) is 8.21. The Kier molecular flexibility index (Phi) is 4.44. The van der Waals surface area contributed by atoms with Gasteiger partial charge in [0.2, 0.25) is 5.91 Å². The SMILES string of the molecule is C=CC(=O)Nc1cccc(C)c1Nc1ncnc2c(C(N)=O)csc12. The molecule has 2 aromatic heterocycles. The minimum atomic E-state index is -0.536. The Balaban J connectivity index is 2.06. The summed E-state index contributed by atoms with van der Waals surface area (Å²) in [5.41, 5.74) is 8.45. The van der Waals surface area contributed by atoms with Crippen molar-refractivity contribution in [2.75, 3.05) is 10.6 Å². The summed E-state index contributed by atoms with van der Waals surface area (Å²) >= 11 is 1.33. The molecular formula is C17H15N5O2S. The van der Waals surface area contributed by atoms with Crippen LogP contribution in [0.2, 0.25) is 0 Å². The summed E-state index contributed by atoms with van der Waals surface area (Å²) in [6, 6.07) is 5.52. The first-order chi connectivity index (χ1) is 12.0. The molecule has 0 saturated carbocycles. The zero-order chi connectivity index (χ0) is 18.0. The van der Waals surface area contributed by atoms with Gasteiger partial charge >= 0.3 is 0 Å². The molecule has 0 fully saturated rings. The van der Waals surface area contributed by atoms with Crippen LogP contribution in [0.5, 0.6) is 0 Å². The summed E-state index contributed by atoms with van der Waals surface area (Å²) in [5.74, 6) is -0.315. The Morgan fingerprint density at radius 2 is 2.12 bits per heavy atom. The second kappa shape index (κ2) is 6.70. The van der Waals surface area contributed by atoms with Crippen molar-refractivity contribution >= 4 is 50.6 Å². The van der Waals surface area contributed by atoms with E-state index in [1.165, 1.54) is 23.7 Å². The van der Waals surface area contributed by atoms with Gasteiger partial charge in [0, 0.05) is 5.38 Å². The van der Waals surface area contributed by atoms with Crippen molar-refractivity contribution in [3.05, 3.63) is 53.7 Å². The number of carbonyl (C=O) groups excluding carboxylic acids is 2. The van der Waals surface area contributed by atoms with Crippen molar-refractivity contribution < 1.29 is 9.59 Å². The molecule has 1 aromatic carbocycles. The fraction of sp³-hybridized carbons (Fsp3) is 0.0588. The monoisotopic (exact) mass is 353 g/mol. The van der Waals surface area contributed by atoms with E-state index in [9.17, 15) is 9.59 Å². The summed E-state index contributed by atoms with van der Waals surface area (Å²) in [5, 5.41) is 7.64. The number of carbonyl (C=O) groups is 2. The second-order valence-electron chi connectivity index (χ2n) is 5.23. The molecule has 25 heavy (non-hydrogen) atoms. The molecule has 4 N–H and O–H groups in total. The van der Waals surface area contributed by atoms with Crippen LogP contribution in [-0.2, 0) is 4.79 Å². The van der Waals surface area contributed by atoms with Gasteiger partial charge < -0.3 is 16.4 Å². The first-order valence-electron chi connectivity index (χ1n) is 7.33. The van der Waals surface area contributed by atoms with Gasteiger partial charge in [-0.1, -0.05) is 18.7 Å². The van der Waals surface area contributed by atoms with Gasteiger partial charge in [0.15, 0.2) is 5.82 Å². The minimum absolute atomic E-state index is 0.311. The number of fused-ring (bicyclic) bond motifs is 1. The third-order valence-corrected chi connectivity index (χ3v) is 4.55. The van der Waals surface area contributed by atoms with Crippen molar-refractivity contribution in [3.63, 3.8) is 0 Å². The molecular weight excluding hydrogens is 338 g/mol. The highest BCUT2D eigenvalue weighted by Gasteiger charge is 2.16. The maximum atomic E-state index is 11.7. The van der Waals surface area contributed by atoms with Crippen LogP contribution in [0.15, 0.2) is 42.6 Å². The number of nitrogens with two attached hydrogens (primary N) is 1. The molecule has 3 rings (SSSR count). The normalized spacial score (nSPS) is 10.4. The molecule has 0 bridgehead atoms. The number of amides is 2. The number of aromatic nitrogens is 2. The molecule has 2 heterocycles. The predicted molar refractivity (Wildman–Crippen MR) is 99.2 cm³/mol. The third kappa shape index (κ3) is 3.20. The molecule has 0 spiro atoms. The van der Waals surface area contributed by atoms with Crippen LogP contribution in [0, 0.1) is 6.92 Å². The van der Waals surface area contributed by atoms with Gasteiger partial charge in [-0.15, -0.1) is 11.3 Å². The molecule has 0 aliphatic rings. The number of hydrogen-bond acceptors (Lipinski definition) is 6. The topological polar surface area (TPSA) is 110 Å². The van der Waals surface area contributed by atoms with E-state index < -0.39 is 5.91 Å². The molecule has 0 saturated heterocycles. The first kappa shape index (κ1) is 16.6. The Bertz CT molecular complexity index is 996. The smallest absolute Gasteiger partial charge is 0.251 e. The number of benzene rings is 1. The standard InChI is InChI=1S/C17H15N5O2S/c1-3-12(23)21-11-6-4-5-9(2)13(11)22-17-15-14(19-8-20-17)10(7-25-15)16(18)24/h3-8H,1H2,2H3,(H2,18,24)(H,21,23)(H,19,20,22).